The lowest BCUT2D eigenvalue weighted by Gasteiger charge is -2.39. The number of carbonyl (C=O) groups is 1. The van der Waals surface area contributed by atoms with Crippen molar-refractivity contribution in [2.24, 2.45) is 0 Å². The summed E-state index contributed by atoms with van der Waals surface area (Å²) in [6, 6.07) is 5.20. The number of ketones is 1. The molecule has 4 nitrogen and oxygen atoms in total. The Hall–Kier alpha value is -1.55. The summed E-state index contributed by atoms with van der Waals surface area (Å²) in [5.74, 6) is -0.0781. The maximum absolute atomic E-state index is 11.3. The van der Waals surface area contributed by atoms with Gasteiger partial charge >= 0.3 is 0 Å². The molecule has 0 atom stereocenters. The van der Waals surface area contributed by atoms with Crippen LogP contribution in [-0.2, 0) is 4.74 Å². The molecular weight excluding hydrogens is 230 g/mol. The molecule has 1 N–H and O–H groups in total. The van der Waals surface area contributed by atoms with Gasteiger partial charge in [0, 0.05) is 24.8 Å². The van der Waals surface area contributed by atoms with Crippen molar-refractivity contribution in [1.29, 1.82) is 0 Å². The predicted molar refractivity (Wildman–Crippen MR) is 70.4 cm³/mol. The normalized spacial score (nSPS) is 18.7. The van der Waals surface area contributed by atoms with E-state index in [-0.39, 0.29) is 17.1 Å². The number of phenolic OH excluding ortho intramolecular Hbond substituents is 1. The van der Waals surface area contributed by atoms with Crippen LogP contribution in [0.15, 0.2) is 18.2 Å². The van der Waals surface area contributed by atoms with Crippen molar-refractivity contribution in [3.05, 3.63) is 23.8 Å². The second-order valence-corrected chi connectivity index (χ2v) is 5.29. The minimum Gasteiger partial charge on any atom is -0.507 e. The number of rotatable bonds is 2. The lowest BCUT2D eigenvalue weighted by atomic mass is 10.1. The van der Waals surface area contributed by atoms with E-state index in [1.165, 1.54) is 6.92 Å². The third-order valence-corrected chi connectivity index (χ3v) is 3.15. The predicted octanol–water partition coefficient (Wildman–Crippen LogP) is 2.21. The molecule has 2 rings (SSSR count). The van der Waals surface area contributed by atoms with Gasteiger partial charge in [0.25, 0.3) is 0 Å². The number of ether oxygens (including phenoxy) is 1. The summed E-state index contributed by atoms with van der Waals surface area (Å²) >= 11 is 0. The molecule has 1 aromatic carbocycles. The molecular formula is C14H19NO3. The highest BCUT2D eigenvalue weighted by Crippen LogP contribution is 2.28. The number of morpholine rings is 1. The molecule has 0 bridgehead atoms. The Balaban J connectivity index is 2.24. The fourth-order valence-electron chi connectivity index (χ4n) is 2.25. The first-order valence-electron chi connectivity index (χ1n) is 6.12. The number of carbonyl (C=O) groups excluding carboxylic acids is 1. The molecule has 0 saturated carbocycles. The van der Waals surface area contributed by atoms with Gasteiger partial charge in [0.15, 0.2) is 5.78 Å². The number of aromatic hydroxyl groups is 1. The van der Waals surface area contributed by atoms with Crippen LogP contribution in [0, 0.1) is 0 Å². The van der Waals surface area contributed by atoms with Crippen LogP contribution in [0.25, 0.3) is 0 Å². The first kappa shape index (κ1) is 12.9. The number of anilines is 1. The monoisotopic (exact) mass is 249 g/mol. The summed E-state index contributed by atoms with van der Waals surface area (Å²) in [7, 11) is 0. The zero-order valence-corrected chi connectivity index (χ0v) is 11.1. The molecule has 0 radical (unpaired) electrons. The van der Waals surface area contributed by atoms with E-state index in [9.17, 15) is 9.90 Å². The Labute approximate surface area is 107 Å². The second-order valence-electron chi connectivity index (χ2n) is 5.29. The highest BCUT2D eigenvalue weighted by molar-refractivity contribution is 5.97. The smallest absolute Gasteiger partial charge is 0.163 e. The summed E-state index contributed by atoms with van der Waals surface area (Å²) in [6.45, 7) is 7.77. The lowest BCUT2D eigenvalue weighted by Crippen LogP contribution is -2.48. The topological polar surface area (TPSA) is 49.8 Å². The number of hydrogen-bond acceptors (Lipinski definition) is 4. The molecule has 1 fully saturated rings. The van der Waals surface area contributed by atoms with Crippen LogP contribution in [0.4, 0.5) is 5.69 Å². The molecule has 0 amide bonds. The molecule has 1 heterocycles. The lowest BCUT2D eigenvalue weighted by molar-refractivity contribution is -0.0277. The Morgan fingerprint density at radius 3 is 2.72 bits per heavy atom. The molecule has 1 aliphatic rings. The molecule has 98 valence electrons. The highest BCUT2D eigenvalue weighted by Gasteiger charge is 2.27. The van der Waals surface area contributed by atoms with Crippen molar-refractivity contribution in [3.63, 3.8) is 0 Å². The molecule has 0 aromatic heterocycles. The summed E-state index contributed by atoms with van der Waals surface area (Å²) in [6.07, 6.45) is 0. The molecule has 1 saturated heterocycles. The molecule has 1 aromatic rings. The van der Waals surface area contributed by atoms with Gasteiger partial charge in [-0.25, -0.2) is 0 Å². The van der Waals surface area contributed by atoms with Gasteiger partial charge in [-0.1, -0.05) is 0 Å². The van der Waals surface area contributed by atoms with Gasteiger partial charge in [-0.15, -0.1) is 0 Å². The second kappa shape index (κ2) is 4.61. The minimum atomic E-state index is -0.187. The SMILES string of the molecule is CC(=O)c1ccc(N2CCOC(C)(C)C2)cc1O. The van der Waals surface area contributed by atoms with E-state index in [1.807, 2.05) is 19.9 Å². The van der Waals surface area contributed by atoms with E-state index in [1.54, 1.807) is 12.1 Å². The standard InChI is InChI=1S/C14H19NO3/c1-10(16)12-5-4-11(8-13(12)17)15-6-7-18-14(2,3)9-15/h4-5,8,17H,6-7,9H2,1-3H3. The van der Waals surface area contributed by atoms with Crippen LogP contribution in [-0.4, -0.2) is 36.2 Å². The van der Waals surface area contributed by atoms with Crippen LogP contribution in [0.5, 0.6) is 5.75 Å². The summed E-state index contributed by atoms with van der Waals surface area (Å²) in [5, 5.41) is 9.84. The Kier molecular flexibility index (Phi) is 3.30. The average Bonchev–Trinajstić information content (AvgIpc) is 2.27. The summed E-state index contributed by atoms with van der Waals surface area (Å²) in [5.41, 5.74) is 1.10. The number of nitrogens with zero attached hydrogens (tertiary/aromatic N) is 1. The van der Waals surface area contributed by atoms with Crippen molar-refractivity contribution in [2.75, 3.05) is 24.6 Å². The minimum absolute atomic E-state index is 0.0456. The van der Waals surface area contributed by atoms with Crippen molar-refractivity contribution >= 4 is 11.5 Å². The van der Waals surface area contributed by atoms with Gasteiger partial charge in [-0.3, -0.25) is 4.79 Å². The molecule has 4 heteroatoms. The number of Topliss-reactive ketones (excluding diaryl/α,β-unsaturated/α-hetero) is 1. The van der Waals surface area contributed by atoms with E-state index in [2.05, 4.69) is 4.90 Å². The van der Waals surface area contributed by atoms with Gasteiger partial charge in [0.1, 0.15) is 5.75 Å². The van der Waals surface area contributed by atoms with Gasteiger partial charge in [-0.05, 0) is 32.9 Å². The quantitative estimate of drug-likeness (QED) is 0.816. The van der Waals surface area contributed by atoms with Crippen molar-refractivity contribution < 1.29 is 14.6 Å². The zero-order chi connectivity index (χ0) is 13.3. The molecule has 0 unspecified atom stereocenters. The zero-order valence-electron chi connectivity index (χ0n) is 11.1. The third-order valence-electron chi connectivity index (χ3n) is 3.15. The van der Waals surface area contributed by atoms with Crippen molar-refractivity contribution in [2.45, 2.75) is 26.4 Å². The van der Waals surface area contributed by atoms with Crippen LogP contribution >= 0.6 is 0 Å². The number of benzene rings is 1. The summed E-state index contributed by atoms with van der Waals surface area (Å²) in [4.78, 5) is 13.4. The molecule has 0 spiro atoms. The Morgan fingerprint density at radius 1 is 1.44 bits per heavy atom. The van der Waals surface area contributed by atoms with E-state index in [4.69, 9.17) is 4.74 Å². The van der Waals surface area contributed by atoms with E-state index >= 15 is 0 Å². The van der Waals surface area contributed by atoms with E-state index < -0.39 is 0 Å². The fourth-order valence-corrected chi connectivity index (χ4v) is 2.25. The van der Waals surface area contributed by atoms with Crippen LogP contribution in [0.2, 0.25) is 0 Å². The molecule has 18 heavy (non-hydrogen) atoms. The Bertz CT molecular complexity index is 468. The maximum Gasteiger partial charge on any atom is 0.163 e. The van der Waals surface area contributed by atoms with Crippen LogP contribution in [0.1, 0.15) is 31.1 Å². The third kappa shape index (κ3) is 2.64. The van der Waals surface area contributed by atoms with Gasteiger partial charge < -0.3 is 14.7 Å². The van der Waals surface area contributed by atoms with Gasteiger partial charge in [0.05, 0.1) is 17.8 Å². The number of hydrogen-bond donors (Lipinski definition) is 1. The van der Waals surface area contributed by atoms with Gasteiger partial charge in [-0.2, -0.15) is 0 Å². The first-order valence-corrected chi connectivity index (χ1v) is 6.12. The Morgan fingerprint density at radius 2 is 2.17 bits per heavy atom. The first-order chi connectivity index (χ1) is 8.39. The van der Waals surface area contributed by atoms with E-state index in [0.29, 0.717) is 12.2 Å². The largest absolute Gasteiger partial charge is 0.507 e. The maximum atomic E-state index is 11.3. The van der Waals surface area contributed by atoms with Crippen LogP contribution < -0.4 is 4.90 Å². The summed E-state index contributed by atoms with van der Waals surface area (Å²) < 4.78 is 5.65. The number of phenols is 1. The van der Waals surface area contributed by atoms with Crippen LogP contribution in [0.3, 0.4) is 0 Å². The average molecular weight is 249 g/mol. The molecule has 1 aliphatic heterocycles. The fraction of sp³-hybridized carbons (Fsp3) is 0.500. The molecule has 0 aliphatic carbocycles. The van der Waals surface area contributed by atoms with Crippen molar-refractivity contribution in [1.82, 2.24) is 0 Å². The van der Waals surface area contributed by atoms with Gasteiger partial charge in [0.2, 0.25) is 0 Å². The van der Waals surface area contributed by atoms with E-state index in [0.717, 1.165) is 18.8 Å². The van der Waals surface area contributed by atoms with Crippen molar-refractivity contribution in [3.8, 4) is 5.75 Å². The highest BCUT2D eigenvalue weighted by atomic mass is 16.5.